The summed E-state index contributed by atoms with van der Waals surface area (Å²) < 4.78 is 57.2. The molecular weight excluding hydrogens is 768 g/mol. The van der Waals surface area contributed by atoms with Crippen LogP contribution in [-0.4, -0.2) is 184 Å². The highest BCUT2D eigenvalue weighted by Crippen LogP contribution is 2.49. The minimum Gasteiger partial charge on any atom is -0.472 e. The zero-order valence-electron chi connectivity index (χ0n) is 31.2. The van der Waals surface area contributed by atoms with Gasteiger partial charge in [0, 0.05) is 36.0 Å². The second kappa shape index (κ2) is 18.6. The van der Waals surface area contributed by atoms with Crippen molar-refractivity contribution in [3.8, 4) is 0 Å². The van der Waals surface area contributed by atoms with Gasteiger partial charge in [0.15, 0.2) is 18.9 Å². The Kier molecular flexibility index (Phi) is 14.3. The summed E-state index contributed by atoms with van der Waals surface area (Å²) in [6, 6.07) is 0. The molecule has 21 nitrogen and oxygen atoms in total. The maximum atomic E-state index is 14.2. The summed E-state index contributed by atoms with van der Waals surface area (Å²) >= 11 is 0. The third-order valence-corrected chi connectivity index (χ3v) is 11.6. The molecule has 4 fully saturated rings. The van der Waals surface area contributed by atoms with E-state index >= 15 is 0 Å². The molecule has 6 aliphatic rings. The molecule has 9 N–H and O–H groups in total. The third-order valence-electron chi connectivity index (χ3n) is 11.6. The van der Waals surface area contributed by atoms with Crippen molar-refractivity contribution in [3.63, 3.8) is 0 Å². The number of rotatable bonds is 13. The van der Waals surface area contributed by atoms with Crippen molar-refractivity contribution in [2.45, 2.75) is 112 Å². The highest BCUT2D eigenvalue weighted by atomic mass is 16.8. The van der Waals surface area contributed by atoms with Gasteiger partial charge in [-0.1, -0.05) is 13.0 Å². The van der Waals surface area contributed by atoms with Crippen LogP contribution in [0.1, 0.15) is 19.8 Å². The molecule has 0 aromatic heterocycles. The van der Waals surface area contributed by atoms with Crippen LogP contribution in [0.4, 0.5) is 0 Å². The van der Waals surface area contributed by atoms with Crippen LogP contribution in [0.3, 0.4) is 0 Å². The van der Waals surface area contributed by atoms with Gasteiger partial charge in [-0.15, -0.1) is 6.58 Å². The van der Waals surface area contributed by atoms with Gasteiger partial charge in [-0.2, -0.15) is 0 Å². The summed E-state index contributed by atoms with van der Waals surface area (Å²) in [6.07, 6.45) is -17.2. The van der Waals surface area contributed by atoms with Crippen molar-refractivity contribution in [1.29, 1.82) is 0 Å². The van der Waals surface area contributed by atoms with Gasteiger partial charge in [0.05, 0.1) is 57.2 Å². The van der Waals surface area contributed by atoms with Crippen molar-refractivity contribution in [2.75, 3.05) is 33.5 Å². The Labute approximate surface area is 326 Å². The molecule has 0 spiro atoms. The van der Waals surface area contributed by atoms with Gasteiger partial charge in [0.2, 0.25) is 12.6 Å². The van der Waals surface area contributed by atoms with Gasteiger partial charge in [0.1, 0.15) is 61.0 Å². The highest BCUT2D eigenvalue weighted by molar-refractivity contribution is 5.90. The van der Waals surface area contributed by atoms with Gasteiger partial charge in [0.25, 0.3) is 0 Å². The average Bonchev–Trinajstić information content (AvgIpc) is 3.81. The maximum Gasteiger partial charge on any atom is 0.337 e. The minimum atomic E-state index is -1.76. The van der Waals surface area contributed by atoms with Crippen molar-refractivity contribution >= 4 is 11.9 Å². The van der Waals surface area contributed by atoms with Gasteiger partial charge in [-0.3, -0.25) is 0 Å². The first-order valence-corrected chi connectivity index (χ1v) is 18.7. The monoisotopic (exact) mass is 820 g/mol. The molecule has 0 bridgehead atoms. The van der Waals surface area contributed by atoms with Crippen molar-refractivity contribution in [1.82, 2.24) is 0 Å². The molecule has 5 aliphatic heterocycles. The van der Waals surface area contributed by atoms with Crippen LogP contribution < -0.4 is 0 Å². The number of esters is 2. The highest BCUT2D eigenvalue weighted by Gasteiger charge is 2.56. The fraction of sp³-hybridized carbons (Fsp3) is 0.778. The number of methoxy groups -OCH3 is 1. The van der Waals surface area contributed by atoms with Crippen LogP contribution in [0.15, 0.2) is 36.3 Å². The summed E-state index contributed by atoms with van der Waals surface area (Å²) in [5, 5.41) is 91.3. The quantitative estimate of drug-likeness (QED) is 0.0632. The lowest BCUT2D eigenvalue weighted by Crippen LogP contribution is -2.60. The topological polar surface area (TPSA) is 309 Å². The van der Waals surface area contributed by atoms with Crippen LogP contribution in [0, 0.1) is 29.6 Å². The molecule has 1 aliphatic carbocycles. The molecule has 5 heterocycles. The van der Waals surface area contributed by atoms with E-state index in [2.05, 4.69) is 6.58 Å². The van der Waals surface area contributed by atoms with Gasteiger partial charge in [-0.25, -0.2) is 9.59 Å². The number of aliphatic hydroxyl groups is 9. The fourth-order valence-corrected chi connectivity index (χ4v) is 8.28. The molecule has 0 aromatic carbocycles. The number of carbonyl (C=O) groups is 2. The van der Waals surface area contributed by atoms with Crippen molar-refractivity contribution in [2.24, 2.45) is 29.6 Å². The number of carbonyl (C=O) groups excluding carboxylic acids is 2. The van der Waals surface area contributed by atoms with E-state index in [0.717, 1.165) is 12.5 Å². The molecule has 322 valence electrons. The summed E-state index contributed by atoms with van der Waals surface area (Å²) in [4.78, 5) is 27.1. The zero-order valence-corrected chi connectivity index (χ0v) is 31.2. The molecule has 0 unspecified atom stereocenters. The van der Waals surface area contributed by atoms with Gasteiger partial charge in [-0.05, 0) is 6.42 Å². The average molecular weight is 821 g/mol. The van der Waals surface area contributed by atoms with E-state index in [1.807, 2.05) is 0 Å². The molecule has 20 atom stereocenters. The van der Waals surface area contributed by atoms with Gasteiger partial charge < -0.3 is 93.3 Å². The molecule has 0 aromatic rings. The lowest BCUT2D eigenvalue weighted by atomic mass is 9.81. The molecule has 0 radical (unpaired) electrons. The predicted octanol–water partition coefficient (Wildman–Crippen LogP) is -4.00. The number of aliphatic hydroxyl groups excluding tert-OH is 9. The molecule has 57 heavy (non-hydrogen) atoms. The van der Waals surface area contributed by atoms with Crippen LogP contribution in [0.5, 0.6) is 0 Å². The van der Waals surface area contributed by atoms with E-state index in [9.17, 15) is 55.5 Å². The van der Waals surface area contributed by atoms with Gasteiger partial charge >= 0.3 is 11.9 Å². The summed E-state index contributed by atoms with van der Waals surface area (Å²) in [7, 11) is 1.19. The minimum absolute atomic E-state index is 0.00440. The lowest BCUT2D eigenvalue weighted by molar-refractivity contribution is -0.342. The first kappa shape index (κ1) is 43.7. The predicted molar refractivity (Wildman–Crippen MR) is 182 cm³/mol. The largest absolute Gasteiger partial charge is 0.472 e. The Hall–Kier alpha value is -2.84. The second-order valence-corrected chi connectivity index (χ2v) is 14.9. The number of hydrogen-bond acceptors (Lipinski definition) is 21. The van der Waals surface area contributed by atoms with E-state index in [0.29, 0.717) is 0 Å². The lowest BCUT2D eigenvalue weighted by Gasteiger charge is -2.43. The molecule has 21 heteroatoms. The van der Waals surface area contributed by atoms with Crippen molar-refractivity contribution in [3.05, 3.63) is 36.3 Å². The smallest absolute Gasteiger partial charge is 0.337 e. The van der Waals surface area contributed by atoms with E-state index in [1.165, 1.54) is 13.2 Å². The summed E-state index contributed by atoms with van der Waals surface area (Å²) in [5.74, 6) is -5.32. The molecule has 3 saturated heterocycles. The van der Waals surface area contributed by atoms with E-state index < -0.39 is 147 Å². The van der Waals surface area contributed by atoms with Crippen LogP contribution in [0.25, 0.3) is 0 Å². The standard InChI is InChI=1S/C36H52O21/c1-4-15-16(6-23-49-10-14(7-37)52-23)18(11-50-33(15)56-35-29(44)27(42)25(40)21(8-38)54-35)32(47)53-20-5-17-19(31(46)48-3)12-51-34(24(17)13(20)2)57-36-30(45)28(43)26(41)22(9-39)55-36/h4,11-17,20-30,33-45H,1,5-10H2,2-3H3/t13-,14-,15+,16-,17+,20-,21+,22+,23+,24+,25+,26+,27-,28-,29+,30+,33-,34-,35-,36-/m0/s1. The Morgan fingerprint density at radius 2 is 1.35 bits per heavy atom. The first-order chi connectivity index (χ1) is 27.3. The Morgan fingerprint density at radius 1 is 0.772 bits per heavy atom. The normalized spacial score (nSPS) is 45.8. The maximum absolute atomic E-state index is 14.2. The SMILES string of the molecule is C=C[C@H]1[C@H](O[C@@H]2O[C@H](CO)[C@@H](O)[C@H](O)[C@H]2O)OC=C(C(=O)O[C@H]2C[C@@H]3C(C(=O)OC)=CO[C@@H](O[C@@H]4O[C@H](CO)[C@@H](O)[C@H](O)[C@H]4O)[C@@H]3[C@H]2C)[C@H]1C[C@@H]1OC[C@H](CO)O1. The Morgan fingerprint density at radius 3 is 1.89 bits per heavy atom. The molecule has 1 saturated carbocycles. The molecular formula is C36H52O21. The first-order valence-electron chi connectivity index (χ1n) is 18.7. The number of ether oxygens (including phenoxy) is 10. The Balaban J connectivity index is 1.23. The molecule has 0 amide bonds. The second-order valence-electron chi connectivity index (χ2n) is 14.9. The zero-order chi connectivity index (χ0) is 41.3. The van der Waals surface area contributed by atoms with Crippen LogP contribution in [-0.2, 0) is 57.0 Å². The van der Waals surface area contributed by atoms with E-state index in [4.69, 9.17) is 47.4 Å². The Bertz CT molecular complexity index is 1470. The van der Waals surface area contributed by atoms with Crippen LogP contribution in [0.2, 0.25) is 0 Å². The third kappa shape index (κ3) is 8.74. The van der Waals surface area contributed by atoms with E-state index in [-0.39, 0.29) is 37.2 Å². The summed E-state index contributed by atoms with van der Waals surface area (Å²) in [5.41, 5.74) is 0.109. The number of hydrogen-bond donors (Lipinski definition) is 9. The number of fused-ring (bicyclic) bond motifs is 1. The fourth-order valence-electron chi connectivity index (χ4n) is 8.28. The molecule has 6 rings (SSSR count). The summed E-state index contributed by atoms with van der Waals surface area (Å²) in [6.45, 7) is 3.97. The van der Waals surface area contributed by atoms with E-state index in [1.54, 1.807) is 6.92 Å². The van der Waals surface area contributed by atoms with Crippen LogP contribution >= 0.6 is 0 Å². The van der Waals surface area contributed by atoms with Crippen molar-refractivity contribution < 1.29 is 103 Å².